The molecule has 1 aromatic carbocycles. The Morgan fingerprint density at radius 1 is 1.06 bits per heavy atom. The van der Waals surface area contributed by atoms with E-state index >= 15 is 0 Å². The number of rotatable bonds is 4. The molecule has 0 atom stereocenters. The van der Waals surface area contributed by atoms with Gasteiger partial charge in [-0.1, -0.05) is 31.2 Å². The fourth-order valence-electron chi connectivity index (χ4n) is 1.55. The molecule has 0 saturated heterocycles. The average molecular weight is 236 g/mol. The Morgan fingerprint density at radius 2 is 1.53 bits per heavy atom. The van der Waals surface area contributed by atoms with Crippen molar-refractivity contribution in [3.05, 3.63) is 35.4 Å². The lowest BCUT2D eigenvalue weighted by Gasteiger charge is -2.12. The number of hydrogen-bond acceptors (Lipinski definition) is 4. The second-order valence-electron chi connectivity index (χ2n) is 3.57. The lowest BCUT2D eigenvalue weighted by molar-refractivity contribution is -0.154. The van der Waals surface area contributed by atoms with Gasteiger partial charge in [-0.15, -0.1) is 0 Å². The molecule has 0 bridgehead atoms. The Kier molecular flexibility index (Phi) is 4.69. The molecule has 0 aliphatic rings. The fourth-order valence-corrected chi connectivity index (χ4v) is 1.55. The first-order valence-corrected chi connectivity index (χ1v) is 5.38. The van der Waals surface area contributed by atoms with Crippen molar-refractivity contribution in [1.82, 2.24) is 0 Å². The standard InChI is InChI=1S/C13H16O4/c1-4-9-5-7-10(8-6-9)11(12(14)16-2)13(15)17-3/h5-8,11H,4H2,1-3H3. The van der Waals surface area contributed by atoms with E-state index in [-0.39, 0.29) is 0 Å². The van der Waals surface area contributed by atoms with E-state index in [1.54, 1.807) is 12.1 Å². The Balaban J connectivity index is 3.04. The lowest BCUT2D eigenvalue weighted by Crippen LogP contribution is -2.24. The largest absolute Gasteiger partial charge is 0.468 e. The van der Waals surface area contributed by atoms with Gasteiger partial charge in [0.1, 0.15) is 0 Å². The molecule has 0 aliphatic heterocycles. The molecule has 0 aliphatic carbocycles. The summed E-state index contributed by atoms with van der Waals surface area (Å²) in [4.78, 5) is 23.1. The third kappa shape index (κ3) is 3.06. The van der Waals surface area contributed by atoms with Crippen molar-refractivity contribution in [3.8, 4) is 0 Å². The van der Waals surface area contributed by atoms with Gasteiger partial charge in [0.05, 0.1) is 14.2 Å². The molecule has 0 spiro atoms. The van der Waals surface area contributed by atoms with E-state index in [1.807, 2.05) is 19.1 Å². The zero-order chi connectivity index (χ0) is 12.8. The van der Waals surface area contributed by atoms with Gasteiger partial charge in [0.15, 0.2) is 5.92 Å². The van der Waals surface area contributed by atoms with Gasteiger partial charge in [0, 0.05) is 0 Å². The van der Waals surface area contributed by atoms with E-state index in [4.69, 9.17) is 0 Å². The monoisotopic (exact) mass is 236 g/mol. The van der Waals surface area contributed by atoms with Gasteiger partial charge in [0.25, 0.3) is 0 Å². The summed E-state index contributed by atoms with van der Waals surface area (Å²) in [5, 5.41) is 0. The van der Waals surface area contributed by atoms with Gasteiger partial charge < -0.3 is 9.47 Å². The Hall–Kier alpha value is -1.84. The molecule has 0 saturated carbocycles. The second kappa shape index (κ2) is 6.03. The highest BCUT2D eigenvalue weighted by Gasteiger charge is 2.30. The number of methoxy groups -OCH3 is 2. The van der Waals surface area contributed by atoms with Crippen molar-refractivity contribution < 1.29 is 19.1 Å². The number of hydrogen-bond donors (Lipinski definition) is 0. The topological polar surface area (TPSA) is 52.6 Å². The zero-order valence-corrected chi connectivity index (χ0v) is 10.2. The molecule has 0 unspecified atom stereocenters. The van der Waals surface area contributed by atoms with Crippen LogP contribution in [-0.2, 0) is 25.5 Å². The molecule has 1 rings (SSSR count). The minimum absolute atomic E-state index is 0.584. The van der Waals surface area contributed by atoms with E-state index in [0.29, 0.717) is 5.56 Å². The summed E-state index contributed by atoms with van der Waals surface area (Å²) >= 11 is 0. The van der Waals surface area contributed by atoms with Crippen molar-refractivity contribution >= 4 is 11.9 Å². The minimum atomic E-state index is -1.00. The fraction of sp³-hybridized carbons (Fsp3) is 0.385. The van der Waals surface area contributed by atoms with Crippen molar-refractivity contribution in [2.24, 2.45) is 0 Å². The molecule has 1 aromatic rings. The molecule has 4 heteroatoms. The highest BCUT2D eigenvalue weighted by Crippen LogP contribution is 2.19. The van der Waals surface area contributed by atoms with Gasteiger partial charge in [-0.25, -0.2) is 0 Å². The number of benzene rings is 1. The van der Waals surface area contributed by atoms with Crippen LogP contribution in [0, 0.1) is 0 Å². The molecular weight excluding hydrogens is 220 g/mol. The number of aryl methyl sites for hydroxylation is 1. The van der Waals surface area contributed by atoms with Gasteiger partial charge in [-0.3, -0.25) is 9.59 Å². The van der Waals surface area contributed by atoms with E-state index in [2.05, 4.69) is 9.47 Å². The summed E-state index contributed by atoms with van der Waals surface area (Å²) in [6, 6.07) is 7.26. The molecule has 17 heavy (non-hydrogen) atoms. The highest BCUT2D eigenvalue weighted by atomic mass is 16.5. The number of ether oxygens (including phenoxy) is 2. The van der Waals surface area contributed by atoms with Crippen molar-refractivity contribution in [2.75, 3.05) is 14.2 Å². The van der Waals surface area contributed by atoms with E-state index in [9.17, 15) is 9.59 Å². The predicted octanol–water partition coefficient (Wildman–Crippen LogP) is 1.68. The molecule has 0 N–H and O–H groups in total. The van der Waals surface area contributed by atoms with Crippen molar-refractivity contribution in [1.29, 1.82) is 0 Å². The Bertz CT molecular complexity index is 378. The van der Waals surface area contributed by atoms with Crippen molar-refractivity contribution in [2.45, 2.75) is 19.3 Å². The molecule has 4 nitrogen and oxygen atoms in total. The number of esters is 2. The van der Waals surface area contributed by atoms with Crippen LogP contribution in [0.1, 0.15) is 24.0 Å². The molecule has 0 aromatic heterocycles. The van der Waals surface area contributed by atoms with Crippen LogP contribution in [0.15, 0.2) is 24.3 Å². The quantitative estimate of drug-likeness (QED) is 0.589. The summed E-state index contributed by atoms with van der Waals surface area (Å²) < 4.78 is 9.21. The zero-order valence-electron chi connectivity index (χ0n) is 10.2. The number of carbonyl (C=O) groups excluding carboxylic acids is 2. The third-order valence-electron chi connectivity index (χ3n) is 2.60. The van der Waals surface area contributed by atoms with Gasteiger partial charge in [-0.2, -0.15) is 0 Å². The van der Waals surface area contributed by atoms with Crippen molar-refractivity contribution in [3.63, 3.8) is 0 Å². The van der Waals surface area contributed by atoms with Crippen LogP contribution in [0.5, 0.6) is 0 Å². The van der Waals surface area contributed by atoms with Gasteiger partial charge >= 0.3 is 11.9 Å². The molecule has 0 heterocycles. The second-order valence-corrected chi connectivity index (χ2v) is 3.57. The normalized spacial score (nSPS) is 10.1. The molecule has 92 valence electrons. The van der Waals surface area contributed by atoms with Crippen LogP contribution in [0.2, 0.25) is 0 Å². The van der Waals surface area contributed by atoms with E-state index in [1.165, 1.54) is 14.2 Å². The van der Waals surface area contributed by atoms with Crippen LogP contribution >= 0.6 is 0 Å². The highest BCUT2D eigenvalue weighted by molar-refractivity contribution is 6.00. The Labute approximate surface area is 101 Å². The van der Waals surface area contributed by atoms with Crippen LogP contribution < -0.4 is 0 Å². The Morgan fingerprint density at radius 3 is 1.88 bits per heavy atom. The summed E-state index contributed by atoms with van der Waals surface area (Å²) in [7, 11) is 2.50. The van der Waals surface area contributed by atoms with Crippen LogP contribution in [0.3, 0.4) is 0 Å². The summed E-state index contributed by atoms with van der Waals surface area (Å²) in [6.07, 6.45) is 0.904. The predicted molar refractivity (Wildman–Crippen MR) is 62.6 cm³/mol. The van der Waals surface area contributed by atoms with Crippen LogP contribution in [0.25, 0.3) is 0 Å². The van der Waals surface area contributed by atoms with Crippen LogP contribution in [0.4, 0.5) is 0 Å². The summed E-state index contributed by atoms with van der Waals surface area (Å²) in [6.45, 7) is 2.03. The maximum absolute atomic E-state index is 11.5. The smallest absolute Gasteiger partial charge is 0.324 e. The third-order valence-corrected chi connectivity index (χ3v) is 2.60. The molecule has 0 amide bonds. The van der Waals surface area contributed by atoms with E-state index in [0.717, 1.165) is 12.0 Å². The van der Waals surface area contributed by atoms with E-state index < -0.39 is 17.9 Å². The van der Waals surface area contributed by atoms with Gasteiger partial charge in [-0.05, 0) is 17.5 Å². The lowest BCUT2D eigenvalue weighted by atomic mass is 9.97. The summed E-state index contributed by atoms with van der Waals surface area (Å²) in [5.74, 6) is -2.22. The minimum Gasteiger partial charge on any atom is -0.468 e. The molecule has 0 radical (unpaired) electrons. The number of carbonyl (C=O) groups is 2. The van der Waals surface area contributed by atoms with Gasteiger partial charge in [0.2, 0.25) is 0 Å². The summed E-state index contributed by atoms with van der Waals surface area (Å²) in [5.41, 5.74) is 1.73. The molecule has 0 fully saturated rings. The first kappa shape index (κ1) is 13.2. The average Bonchev–Trinajstić information content (AvgIpc) is 2.39. The maximum atomic E-state index is 11.5. The van der Waals surface area contributed by atoms with Crippen LogP contribution in [-0.4, -0.2) is 26.2 Å². The first-order valence-electron chi connectivity index (χ1n) is 5.38. The maximum Gasteiger partial charge on any atom is 0.324 e. The SMILES string of the molecule is CCc1ccc(C(C(=O)OC)C(=O)OC)cc1. The molecular formula is C13H16O4. The first-order chi connectivity index (χ1) is 8.13.